The van der Waals surface area contributed by atoms with E-state index < -0.39 is 46.7 Å². The highest BCUT2D eigenvalue weighted by Crippen LogP contribution is 2.22. The van der Waals surface area contributed by atoms with Gasteiger partial charge in [-0.3, -0.25) is 4.79 Å². The normalized spacial score (nSPS) is 12.3. The van der Waals surface area contributed by atoms with Crippen molar-refractivity contribution in [2.24, 2.45) is 0 Å². The first-order valence-electron chi connectivity index (χ1n) is 5.95. The number of benzene rings is 1. The second-order valence-electron chi connectivity index (χ2n) is 4.25. The first-order valence-corrected chi connectivity index (χ1v) is 5.95. The molecule has 4 nitrogen and oxygen atoms in total. The van der Waals surface area contributed by atoms with Crippen LogP contribution in [-0.2, 0) is 0 Å². The van der Waals surface area contributed by atoms with E-state index in [4.69, 9.17) is 5.11 Å². The minimum Gasteiger partial charge on any atom is -0.392 e. The molecule has 0 aliphatic carbocycles. The molecule has 0 aliphatic heterocycles. The monoisotopic (exact) mass is 312 g/mol. The highest BCUT2D eigenvalue weighted by Gasteiger charge is 2.29. The summed E-state index contributed by atoms with van der Waals surface area (Å²) < 4.78 is 65.2. The average molecular weight is 312 g/mol. The fourth-order valence-corrected chi connectivity index (χ4v) is 1.47. The predicted molar refractivity (Wildman–Crippen MR) is 63.1 cm³/mol. The lowest BCUT2D eigenvalue weighted by molar-refractivity contribution is 0.0942. The van der Waals surface area contributed by atoms with Crippen molar-refractivity contribution in [2.45, 2.75) is 13.0 Å². The Morgan fingerprint density at radius 3 is 1.95 bits per heavy atom. The van der Waals surface area contributed by atoms with Crippen molar-refractivity contribution in [1.29, 1.82) is 0 Å². The van der Waals surface area contributed by atoms with Gasteiger partial charge in [-0.05, 0) is 6.92 Å². The number of rotatable bonds is 6. The Morgan fingerprint density at radius 1 is 1.00 bits per heavy atom. The molecule has 0 fully saturated rings. The number of halogens is 5. The lowest BCUT2D eigenvalue weighted by Crippen LogP contribution is -2.35. The zero-order valence-electron chi connectivity index (χ0n) is 10.9. The van der Waals surface area contributed by atoms with Crippen LogP contribution in [0.1, 0.15) is 17.3 Å². The van der Waals surface area contributed by atoms with E-state index in [-0.39, 0.29) is 19.6 Å². The van der Waals surface area contributed by atoms with E-state index >= 15 is 0 Å². The summed E-state index contributed by atoms with van der Waals surface area (Å²) in [6, 6.07) is 0. The van der Waals surface area contributed by atoms with E-state index in [1.54, 1.807) is 0 Å². The van der Waals surface area contributed by atoms with Crippen LogP contribution in [-0.4, -0.2) is 36.8 Å². The van der Waals surface area contributed by atoms with Crippen molar-refractivity contribution < 1.29 is 31.9 Å². The third-order valence-electron chi connectivity index (χ3n) is 2.46. The Balaban J connectivity index is 2.75. The van der Waals surface area contributed by atoms with E-state index in [1.807, 2.05) is 5.32 Å². The molecule has 21 heavy (non-hydrogen) atoms. The third kappa shape index (κ3) is 4.11. The fourth-order valence-electron chi connectivity index (χ4n) is 1.47. The molecule has 1 aromatic carbocycles. The largest absolute Gasteiger partial charge is 0.392 e. The van der Waals surface area contributed by atoms with Crippen molar-refractivity contribution in [2.75, 3.05) is 19.6 Å². The van der Waals surface area contributed by atoms with Gasteiger partial charge in [0.15, 0.2) is 23.3 Å². The summed E-state index contributed by atoms with van der Waals surface area (Å²) in [4.78, 5) is 11.5. The van der Waals surface area contributed by atoms with E-state index in [1.165, 1.54) is 6.92 Å². The van der Waals surface area contributed by atoms with Gasteiger partial charge in [0.2, 0.25) is 5.82 Å². The molecule has 0 bridgehead atoms. The molecule has 0 saturated heterocycles. The van der Waals surface area contributed by atoms with Gasteiger partial charge in [-0.25, -0.2) is 22.0 Å². The topological polar surface area (TPSA) is 61.4 Å². The van der Waals surface area contributed by atoms with Crippen LogP contribution in [0, 0.1) is 29.1 Å². The van der Waals surface area contributed by atoms with Crippen LogP contribution in [0.5, 0.6) is 0 Å². The summed E-state index contributed by atoms with van der Waals surface area (Å²) >= 11 is 0. The van der Waals surface area contributed by atoms with Gasteiger partial charge in [0.05, 0.1) is 6.10 Å². The fraction of sp³-hybridized carbons (Fsp3) is 0.417. The maximum absolute atomic E-state index is 13.3. The minimum absolute atomic E-state index is 0.120. The first kappa shape index (κ1) is 17.3. The first-order chi connectivity index (χ1) is 9.77. The molecule has 0 heterocycles. The van der Waals surface area contributed by atoms with Crippen LogP contribution in [0.25, 0.3) is 0 Å². The maximum atomic E-state index is 13.3. The molecule has 1 amide bonds. The van der Waals surface area contributed by atoms with Gasteiger partial charge in [0.25, 0.3) is 5.91 Å². The number of aliphatic hydroxyl groups excluding tert-OH is 1. The highest BCUT2D eigenvalue weighted by atomic mass is 19.2. The Hall–Kier alpha value is -1.74. The number of aliphatic hydroxyl groups is 1. The van der Waals surface area contributed by atoms with E-state index in [2.05, 4.69) is 5.32 Å². The van der Waals surface area contributed by atoms with Crippen LogP contribution in [0.4, 0.5) is 22.0 Å². The third-order valence-corrected chi connectivity index (χ3v) is 2.46. The zero-order chi connectivity index (χ0) is 16.2. The van der Waals surface area contributed by atoms with Gasteiger partial charge >= 0.3 is 0 Å². The second-order valence-corrected chi connectivity index (χ2v) is 4.25. The number of carbonyl (C=O) groups excluding carboxylic acids is 1. The Labute approximate surface area is 117 Å². The lowest BCUT2D eigenvalue weighted by atomic mass is 10.1. The van der Waals surface area contributed by atoms with Crippen molar-refractivity contribution in [3.63, 3.8) is 0 Å². The summed E-state index contributed by atoms with van der Waals surface area (Å²) in [5.74, 6) is -12.4. The predicted octanol–water partition coefficient (Wildman–Crippen LogP) is 1.08. The molecule has 0 radical (unpaired) electrons. The summed E-state index contributed by atoms with van der Waals surface area (Å²) in [7, 11) is 0. The Morgan fingerprint density at radius 2 is 1.48 bits per heavy atom. The zero-order valence-corrected chi connectivity index (χ0v) is 10.9. The van der Waals surface area contributed by atoms with Crippen molar-refractivity contribution >= 4 is 5.91 Å². The molecular formula is C12H13F5N2O2. The summed E-state index contributed by atoms with van der Waals surface area (Å²) in [5, 5.41) is 13.6. The van der Waals surface area contributed by atoms with Crippen LogP contribution >= 0.6 is 0 Å². The molecule has 1 unspecified atom stereocenters. The summed E-state index contributed by atoms with van der Waals surface area (Å²) in [6.45, 7) is 1.76. The molecule has 0 saturated carbocycles. The number of amides is 1. The molecule has 1 aromatic rings. The molecule has 118 valence electrons. The van der Waals surface area contributed by atoms with Crippen LogP contribution < -0.4 is 10.6 Å². The van der Waals surface area contributed by atoms with E-state index in [0.717, 1.165) is 0 Å². The number of nitrogens with one attached hydrogen (secondary N) is 2. The Kier molecular flexibility index (Phi) is 6.03. The molecule has 1 rings (SSSR count). The molecule has 3 N–H and O–H groups in total. The standard InChI is InChI=1S/C12H13F5N2O2/c1-5(20)4-18-2-3-19-12(21)6-7(13)9(15)11(17)10(16)8(6)14/h5,18,20H,2-4H2,1H3,(H,19,21). The van der Waals surface area contributed by atoms with Gasteiger partial charge in [0, 0.05) is 19.6 Å². The summed E-state index contributed by atoms with van der Waals surface area (Å²) in [6.07, 6.45) is -0.629. The van der Waals surface area contributed by atoms with Crippen molar-refractivity contribution in [3.8, 4) is 0 Å². The highest BCUT2D eigenvalue weighted by molar-refractivity contribution is 5.94. The Bertz CT molecular complexity index is 508. The van der Waals surface area contributed by atoms with Gasteiger partial charge < -0.3 is 15.7 Å². The van der Waals surface area contributed by atoms with Gasteiger partial charge in [0.1, 0.15) is 5.56 Å². The van der Waals surface area contributed by atoms with Crippen LogP contribution in [0.3, 0.4) is 0 Å². The van der Waals surface area contributed by atoms with Crippen LogP contribution in [0.15, 0.2) is 0 Å². The van der Waals surface area contributed by atoms with Crippen LogP contribution in [0.2, 0.25) is 0 Å². The smallest absolute Gasteiger partial charge is 0.257 e. The van der Waals surface area contributed by atoms with Crippen molar-refractivity contribution in [1.82, 2.24) is 10.6 Å². The van der Waals surface area contributed by atoms with Gasteiger partial charge in [-0.1, -0.05) is 0 Å². The van der Waals surface area contributed by atoms with E-state index in [0.29, 0.717) is 0 Å². The molecule has 1 atom stereocenters. The number of carbonyl (C=O) groups is 1. The average Bonchev–Trinajstić information content (AvgIpc) is 2.42. The maximum Gasteiger partial charge on any atom is 0.257 e. The second kappa shape index (κ2) is 7.32. The number of hydrogen-bond donors (Lipinski definition) is 3. The molecular weight excluding hydrogens is 299 g/mol. The molecule has 9 heteroatoms. The molecule has 0 spiro atoms. The lowest BCUT2D eigenvalue weighted by Gasteiger charge is -2.10. The molecule has 0 aliphatic rings. The van der Waals surface area contributed by atoms with Gasteiger partial charge in [-0.15, -0.1) is 0 Å². The minimum atomic E-state index is -2.32. The quantitative estimate of drug-likeness (QED) is 0.319. The number of hydrogen-bond acceptors (Lipinski definition) is 3. The molecule has 0 aromatic heterocycles. The van der Waals surface area contributed by atoms with E-state index in [9.17, 15) is 26.7 Å². The van der Waals surface area contributed by atoms with Gasteiger partial charge in [-0.2, -0.15) is 0 Å². The SMILES string of the molecule is CC(O)CNCCNC(=O)c1c(F)c(F)c(F)c(F)c1F. The summed E-state index contributed by atoms with van der Waals surface area (Å²) in [5.41, 5.74) is -1.53. The van der Waals surface area contributed by atoms with Crippen molar-refractivity contribution in [3.05, 3.63) is 34.6 Å².